The molecule has 1 aromatic carbocycles. The van der Waals surface area contributed by atoms with Crippen molar-refractivity contribution >= 4 is 50.1 Å². The van der Waals surface area contributed by atoms with Crippen molar-refractivity contribution < 1.29 is 14.3 Å². The zero-order chi connectivity index (χ0) is 21.3. The number of pyridine rings is 1. The third kappa shape index (κ3) is 4.68. The quantitative estimate of drug-likeness (QED) is 0.480. The van der Waals surface area contributed by atoms with Gasteiger partial charge in [0.15, 0.2) is 5.13 Å². The molecule has 0 spiro atoms. The molecule has 1 aliphatic rings. The first-order valence-electron chi connectivity index (χ1n) is 9.49. The largest absolute Gasteiger partial charge is 0.492 e. The minimum atomic E-state index is -0.568. The molecule has 0 radical (unpaired) electrons. The number of hydrogen-bond donors (Lipinski definition) is 3. The van der Waals surface area contributed by atoms with E-state index in [1.165, 1.54) is 37.5 Å². The Labute approximate surface area is 181 Å². The lowest BCUT2D eigenvalue weighted by molar-refractivity contribution is 0.187. The van der Waals surface area contributed by atoms with Gasteiger partial charge in [-0.25, -0.2) is 9.78 Å². The normalized spacial score (nSPS) is 14.4. The Morgan fingerprint density at radius 2 is 2.20 bits per heavy atom. The van der Waals surface area contributed by atoms with E-state index in [1.807, 2.05) is 13.0 Å². The second-order valence-corrected chi connectivity index (χ2v) is 8.63. The molecule has 1 saturated carbocycles. The van der Waals surface area contributed by atoms with Crippen LogP contribution in [0.1, 0.15) is 31.4 Å². The Hall–Kier alpha value is -2.78. The molecule has 3 aromatic rings. The van der Waals surface area contributed by atoms with E-state index in [2.05, 4.69) is 25.3 Å². The third-order valence-corrected chi connectivity index (χ3v) is 5.96. The SMILES string of the molecule is COC(=O)Nc1cnc(N[C@@H](C)c2cc3cc(Cl)c(OCC4CC4)cc3[nH]c2=O)s1. The Bertz CT molecular complexity index is 1140. The molecule has 0 aliphatic heterocycles. The summed E-state index contributed by atoms with van der Waals surface area (Å²) in [6, 6.07) is 5.06. The number of carbonyl (C=O) groups is 1. The first-order chi connectivity index (χ1) is 14.4. The predicted molar refractivity (Wildman–Crippen MR) is 118 cm³/mol. The number of aromatic amines is 1. The fourth-order valence-electron chi connectivity index (χ4n) is 2.96. The van der Waals surface area contributed by atoms with Crippen molar-refractivity contribution in [2.24, 2.45) is 5.92 Å². The molecule has 8 nitrogen and oxygen atoms in total. The fraction of sp³-hybridized carbons (Fsp3) is 0.350. The highest BCUT2D eigenvalue weighted by Gasteiger charge is 2.22. The van der Waals surface area contributed by atoms with Gasteiger partial charge in [-0.2, -0.15) is 0 Å². The van der Waals surface area contributed by atoms with Crippen LogP contribution in [-0.2, 0) is 4.74 Å². The molecule has 1 fully saturated rings. The first-order valence-corrected chi connectivity index (χ1v) is 10.7. The van der Waals surface area contributed by atoms with Gasteiger partial charge in [0.25, 0.3) is 5.56 Å². The highest BCUT2D eigenvalue weighted by molar-refractivity contribution is 7.19. The number of hydrogen-bond acceptors (Lipinski definition) is 7. The molecule has 1 aliphatic carbocycles. The molecule has 2 aromatic heterocycles. The van der Waals surface area contributed by atoms with Gasteiger partial charge in [0.05, 0.1) is 36.5 Å². The van der Waals surface area contributed by atoms with Crippen LogP contribution in [0.5, 0.6) is 5.75 Å². The maximum Gasteiger partial charge on any atom is 0.412 e. The van der Waals surface area contributed by atoms with Crippen LogP contribution in [0.3, 0.4) is 0 Å². The summed E-state index contributed by atoms with van der Waals surface area (Å²) in [6.45, 7) is 2.51. The van der Waals surface area contributed by atoms with Gasteiger partial charge < -0.3 is 19.8 Å². The summed E-state index contributed by atoms with van der Waals surface area (Å²) in [5.74, 6) is 1.19. The smallest absolute Gasteiger partial charge is 0.412 e. The summed E-state index contributed by atoms with van der Waals surface area (Å²) in [5.41, 5.74) is 1.01. The zero-order valence-electron chi connectivity index (χ0n) is 16.5. The van der Waals surface area contributed by atoms with Crippen molar-refractivity contribution in [3.63, 3.8) is 0 Å². The second kappa shape index (κ2) is 8.53. The van der Waals surface area contributed by atoms with Crippen molar-refractivity contribution in [3.8, 4) is 5.75 Å². The van der Waals surface area contributed by atoms with Crippen molar-refractivity contribution in [1.29, 1.82) is 0 Å². The van der Waals surface area contributed by atoms with Gasteiger partial charge in [-0.1, -0.05) is 22.9 Å². The molecule has 1 amide bonds. The standard InChI is InChI=1S/C20H21ClN4O4S/c1-10(23-19-22-8-17(30-19)25-20(27)28-2)13-5-12-6-14(21)16(29-9-11-3-4-11)7-15(12)24-18(13)26/h5-8,10-11H,3-4,9H2,1-2H3,(H,22,23)(H,24,26)(H,25,27)/t10-/m0/s1. The average molecular weight is 449 g/mol. The number of nitrogens with one attached hydrogen (secondary N) is 3. The van der Waals surface area contributed by atoms with Gasteiger partial charge in [0, 0.05) is 17.0 Å². The number of rotatable bonds is 7. The zero-order valence-corrected chi connectivity index (χ0v) is 18.0. The fourth-order valence-corrected chi connectivity index (χ4v) is 3.98. The molecule has 2 heterocycles. The third-order valence-electron chi connectivity index (χ3n) is 4.82. The number of thiazole rings is 1. The van der Waals surface area contributed by atoms with Crippen molar-refractivity contribution in [3.05, 3.63) is 45.3 Å². The Kier molecular flexibility index (Phi) is 5.83. The Morgan fingerprint density at radius 1 is 1.40 bits per heavy atom. The van der Waals surface area contributed by atoms with Crippen molar-refractivity contribution in [2.45, 2.75) is 25.8 Å². The monoisotopic (exact) mass is 448 g/mol. The van der Waals surface area contributed by atoms with Gasteiger partial charge in [-0.05, 0) is 37.8 Å². The molecule has 10 heteroatoms. The molecular weight excluding hydrogens is 428 g/mol. The van der Waals surface area contributed by atoms with E-state index in [0.29, 0.717) is 44.5 Å². The van der Waals surface area contributed by atoms with Gasteiger partial charge in [0.2, 0.25) is 0 Å². The van der Waals surface area contributed by atoms with Crippen LogP contribution in [0.15, 0.2) is 29.2 Å². The molecular formula is C20H21ClN4O4S. The lowest BCUT2D eigenvalue weighted by atomic mass is 10.1. The minimum absolute atomic E-state index is 0.206. The summed E-state index contributed by atoms with van der Waals surface area (Å²) in [6.07, 6.45) is 3.33. The van der Waals surface area contributed by atoms with Crippen LogP contribution in [0, 0.1) is 5.92 Å². The summed E-state index contributed by atoms with van der Waals surface area (Å²) in [5, 5.41) is 8.16. The molecule has 0 unspecified atom stereocenters. The average Bonchev–Trinajstić information content (AvgIpc) is 3.45. The topological polar surface area (TPSA) is 105 Å². The van der Waals surface area contributed by atoms with E-state index < -0.39 is 6.09 Å². The van der Waals surface area contributed by atoms with Crippen LogP contribution in [0.25, 0.3) is 10.9 Å². The number of nitrogens with zero attached hydrogens (tertiary/aromatic N) is 1. The molecule has 4 rings (SSSR count). The van der Waals surface area contributed by atoms with Gasteiger partial charge in [-0.3, -0.25) is 10.1 Å². The van der Waals surface area contributed by atoms with Crippen LogP contribution in [0.4, 0.5) is 14.9 Å². The molecule has 0 saturated heterocycles. The molecule has 3 N–H and O–H groups in total. The van der Waals surface area contributed by atoms with E-state index in [4.69, 9.17) is 16.3 Å². The highest BCUT2D eigenvalue weighted by Crippen LogP contribution is 2.34. The summed E-state index contributed by atoms with van der Waals surface area (Å²) < 4.78 is 10.4. The molecule has 158 valence electrons. The van der Waals surface area contributed by atoms with E-state index in [0.717, 1.165) is 5.39 Å². The number of fused-ring (bicyclic) bond motifs is 1. The van der Waals surface area contributed by atoms with E-state index in [-0.39, 0.29) is 11.6 Å². The van der Waals surface area contributed by atoms with Crippen LogP contribution < -0.4 is 20.9 Å². The number of H-pyrrole nitrogens is 1. The predicted octanol–water partition coefficient (Wildman–Crippen LogP) is 4.78. The maximum atomic E-state index is 12.7. The lowest BCUT2D eigenvalue weighted by Gasteiger charge is -2.14. The number of aromatic nitrogens is 2. The summed E-state index contributed by atoms with van der Waals surface area (Å²) >= 11 is 7.62. The second-order valence-electron chi connectivity index (χ2n) is 7.19. The van der Waals surface area contributed by atoms with E-state index in [1.54, 1.807) is 12.1 Å². The number of methoxy groups -OCH3 is 1. The van der Waals surface area contributed by atoms with Crippen LogP contribution in [-0.4, -0.2) is 29.8 Å². The van der Waals surface area contributed by atoms with Gasteiger partial charge >= 0.3 is 6.09 Å². The number of halogens is 1. The molecule has 0 bridgehead atoms. The van der Waals surface area contributed by atoms with Crippen molar-refractivity contribution in [2.75, 3.05) is 24.4 Å². The summed E-state index contributed by atoms with van der Waals surface area (Å²) in [7, 11) is 1.29. The first kappa shape index (κ1) is 20.5. The number of benzene rings is 1. The lowest BCUT2D eigenvalue weighted by Crippen LogP contribution is -2.19. The Morgan fingerprint density at radius 3 is 2.93 bits per heavy atom. The number of anilines is 2. The number of ether oxygens (including phenoxy) is 2. The Balaban J connectivity index is 1.52. The summed E-state index contributed by atoms with van der Waals surface area (Å²) in [4.78, 5) is 31.1. The van der Waals surface area contributed by atoms with Gasteiger partial charge in [0.1, 0.15) is 10.8 Å². The minimum Gasteiger partial charge on any atom is -0.492 e. The number of carbonyl (C=O) groups excluding carboxylic acids is 1. The van der Waals surface area contributed by atoms with E-state index in [9.17, 15) is 9.59 Å². The van der Waals surface area contributed by atoms with E-state index >= 15 is 0 Å². The number of amides is 1. The van der Waals surface area contributed by atoms with Crippen LogP contribution >= 0.6 is 22.9 Å². The van der Waals surface area contributed by atoms with Crippen molar-refractivity contribution in [1.82, 2.24) is 9.97 Å². The highest BCUT2D eigenvalue weighted by atomic mass is 35.5. The molecule has 1 atom stereocenters. The van der Waals surface area contributed by atoms with Gasteiger partial charge in [-0.15, -0.1) is 0 Å². The van der Waals surface area contributed by atoms with Crippen LogP contribution in [0.2, 0.25) is 5.02 Å². The molecule has 30 heavy (non-hydrogen) atoms. The maximum absolute atomic E-state index is 12.7.